The molecule has 0 bridgehead atoms. The van der Waals surface area contributed by atoms with Crippen LogP contribution < -0.4 is 5.32 Å². The first-order valence-electron chi connectivity index (χ1n) is 5.84. The fourth-order valence-electron chi connectivity index (χ4n) is 2.12. The Labute approximate surface area is 111 Å². The number of halogens is 2. The zero-order valence-corrected chi connectivity index (χ0v) is 11.0. The van der Waals surface area contributed by atoms with E-state index in [0.717, 1.165) is 31.5 Å². The topological polar surface area (TPSA) is 29.1 Å². The summed E-state index contributed by atoms with van der Waals surface area (Å²) in [5, 5.41) is 4.43. The lowest BCUT2D eigenvalue weighted by Gasteiger charge is -2.21. The van der Waals surface area contributed by atoms with Crippen LogP contribution in [-0.4, -0.2) is 18.9 Å². The minimum absolute atomic E-state index is 0.135. The molecule has 17 heavy (non-hydrogen) atoms. The van der Waals surface area contributed by atoms with Gasteiger partial charge in [-0.1, -0.05) is 29.3 Å². The van der Waals surface area contributed by atoms with E-state index < -0.39 is 0 Å². The molecule has 2 rings (SSSR count). The van der Waals surface area contributed by atoms with Gasteiger partial charge in [-0.15, -0.1) is 0 Å². The second kappa shape index (κ2) is 5.85. The van der Waals surface area contributed by atoms with Crippen molar-refractivity contribution in [1.82, 2.24) is 5.32 Å². The van der Waals surface area contributed by atoms with Crippen molar-refractivity contribution in [2.24, 2.45) is 5.92 Å². The molecule has 1 aliphatic heterocycles. The molecule has 1 saturated heterocycles. The smallest absolute Gasteiger partial charge is 0.141 e. The van der Waals surface area contributed by atoms with Gasteiger partial charge in [-0.3, -0.25) is 4.79 Å². The number of Topliss-reactive ketones (excluding diaryl/α,β-unsaturated/α-hetero) is 1. The largest absolute Gasteiger partial charge is 0.316 e. The zero-order valence-electron chi connectivity index (χ0n) is 9.51. The molecule has 0 amide bonds. The highest BCUT2D eigenvalue weighted by Gasteiger charge is 2.21. The number of hydrogen-bond donors (Lipinski definition) is 1. The molecule has 1 atom stereocenters. The van der Waals surface area contributed by atoms with E-state index in [1.807, 2.05) is 6.07 Å². The highest BCUT2D eigenvalue weighted by Crippen LogP contribution is 2.23. The molecule has 0 saturated carbocycles. The summed E-state index contributed by atoms with van der Waals surface area (Å²) in [5.74, 6) is 0.400. The van der Waals surface area contributed by atoms with Crippen molar-refractivity contribution < 1.29 is 4.79 Å². The molecular formula is C13H15Cl2NO. The number of hydrogen-bond acceptors (Lipinski definition) is 2. The van der Waals surface area contributed by atoms with Crippen molar-refractivity contribution in [2.45, 2.75) is 19.3 Å². The van der Waals surface area contributed by atoms with Gasteiger partial charge in [0.25, 0.3) is 0 Å². The Morgan fingerprint density at radius 3 is 2.88 bits per heavy atom. The summed E-state index contributed by atoms with van der Waals surface area (Å²) >= 11 is 11.9. The van der Waals surface area contributed by atoms with Crippen LogP contribution in [0.5, 0.6) is 0 Å². The van der Waals surface area contributed by atoms with E-state index in [0.29, 0.717) is 16.5 Å². The summed E-state index contributed by atoms with van der Waals surface area (Å²) in [6.07, 6.45) is 2.46. The molecule has 1 heterocycles. The van der Waals surface area contributed by atoms with E-state index in [4.69, 9.17) is 23.2 Å². The maximum Gasteiger partial charge on any atom is 0.141 e. The summed E-state index contributed by atoms with van der Waals surface area (Å²) in [6.45, 7) is 1.82. The van der Waals surface area contributed by atoms with Crippen LogP contribution in [0.2, 0.25) is 10.0 Å². The van der Waals surface area contributed by atoms with Crippen molar-refractivity contribution in [3.8, 4) is 0 Å². The Hall–Kier alpha value is -0.570. The third kappa shape index (κ3) is 3.44. The van der Waals surface area contributed by atoms with Crippen LogP contribution in [0, 0.1) is 5.92 Å². The van der Waals surface area contributed by atoms with Crippen molar-refractivity contribution in [1.29, 1.82) is 0 Å². The summed E-state index contributed by atoms with van der Waals surface area (Å²) in [6, 6.07) is 5.29. The van der Waals surface area contributed by atoms with E-state index in [1.54, 1.807) is 12.1 Å². The predicted molar refractivity (Wildman–Crippen MR) is 70.8 cm³/mol. The Balaban J connectivity index is 2.02. The molecule has 2 nitrogen and oxygen atoms in total. The number of nitrogens with one attached hydrogen (secondary N) is 1. The van der Waals surface area contributed by atoms with Crippen LogP contribution in [0.3, 0.4) is 0 Å². The van der Waals surface area contributed by atoms with Crippen LogP contribution >= 0.6 is 23.2 Å². The lowest BCUT2D eigenvalue weighted by Crippen LogP contribution is -2.35. The van der Waals surface area contributed by atoms with E-state index in [2.05, 4.69) is 5.32 Å². The number of piperidine rings is 1. The van der Waals surface area contributed by atoms with Crippen molar-refractivity contribution in [2.75, 3.05) is 13.1 Å². The summed E-state index contributed by atoms with van der Waals surface area (Å²) in [7, 11) is 0. The molecular weight excluding hydrogens is 257 g/mol. The molecule has 0 aliphatic carbocycles. The number of carbonyl (C=O) groups is 1. The molecule has 1 fully saturated rings. The number of carbonyl (C=O) groups excluding carboxylic acids is 1. The van der Waals surface area contributed by atoms with Gasteiger partial charge in [0.1, 0.15) is 5.78 Å². The van der Waals surface area contributed by atoms with E-state index in [1.165, 1.54) is 0 Å². The van der Waals surface area contributed by atoms with Crippen LogP contribution in [0.15, 0.2) is 18.2 Å². The monoisotopic (exact) mass is 271 g/mol. The lowest BCUT2D eigenvalue weighted by atomic mass is 9.91. The van der Waals surface area contributed by atoms with Crippen LogP contribution in [0.4, 0.5) is 0 Å². The molecule has 1 aliphatic rings. The number of rotatable bonds is 3. The maximum atomic E-state index is 12.1. The highest BCUT2D eigenvalue weighted by atomic mass is 35.5. The van der Waals surface area contributed by atoms with Crippen LogP contribution in [0.1, 0.15) is 18.4 Å². The molecule has 92 valence electrons. The molecule has 4 heteroatoms. The lowest BCUT2D eigenvalue weighted by molar-refractivity contribution is -0.122. The minimum Gasteiger partial charge on any atom is -0.316 e. The third-order valence-corrected chi connectivity index (χ3v) is 3.72. The van der Waals surface area contributed by atoms with Crippen molar-refractivity contribution in [3.63, 3.8) is 0 Å². The van der Waals surface area contributed by atoms with Gasteiger partial charge in [0.15, 0.2) is 0 Å². The average molecular weight is 272 g/mol. The quantitative estimate of drug-likeness (QED) is 0.916. The normalized spacial score (nSPS) is 20.2. The predicted octanol–water partition coefficient (Wildman–Crippen LogP) is 3.10. The van der Waals surface area contributed by atoms with Crippen LogP contribution in [0.25, 0.3) is 0 Å². The average Bonchev–Trinajstić information content (AvgIpc) is 2.34. The molecule has 0 spiro atoms. The fourth-order valence-corrected chi connectivity index (χ4v) is 2.60. The van der Waals surface area contributed by atoms with Gasteiger partial charge in [-0.2, -0.15) is 0 Å². The van der Waals surface area contributed by atoms with E-state index in [9.17, 15) is 4.79 Å². The van der Waals surface area contributed by atoms with Gasteiger partial charge in [-0.25, -0.2) is 0 Å². The molecule has 0 radical (unpaired) electrons. The van der Waals surface area contributed by atoms with Crippen molar-refractivity contribution >= 4 is 29.0 Å². The Morgan fingerprint density at radius 2 is 2.24 bits per heavy atom. The SMILES string of the molecule is O=C(Cc1ccc(Cl)cc1Cl)C1CCCNC1. The minimum atomic E-state index is 0.135. The van der Waals surface area contributed by atoms with E-state index >= 15 is 0 Å². The van der Waals surface area contributed by atoms with Crippen molar-refractivity contribution in [3.05, 3.63) is 33.8 Å². The first-order chi connectivity index (χ1) is 8.16. The molecule has 1 N–H and O–H groups in total. The third-order valence-electron chi connectivity index (χ3n) is 3.13. The Bertz CT molecular complexity index is 414. The Morgan fingerprint density at radius 1 is 1.41 bits per heavy atom. The van der Waals surface area contributed by atoms with Gasteiger partial charge < -0.3 is 5.32 Å². The fraction of sp³-hybridized carbons (Fsp3) is 0.462. The maximum absolute atomic E-state index is 12.1. The molecule has 1 aromatic carbocycles. The first kappa shape index (κ1) is 12.9. The second-order valence-corrected chi connectivity index (χ2v) is 5.27. The summed E-state index contributed by atoms with van der Waals surface area (Å²) in [5.41, 5.74) is 0.867. The molecule has 1 unspecified atom stereocenters. The number of benzene rings is 1. The van der Waals surface area contributed by atoms with Gasteiger partial charge in [0.2, 0.25) is 0 Å². The van der Waals surface area contributed by atoms with Gasteiger partial charge in [0, 0.05) is 28.9 Å². The second-order valence-electron chi connectivity index (χ2n) is 4.42. The molecule has 1 aromatic rings. The molecule has 0 aromatic heterocycles. The summed E-state index contributed by atoms with van der Waals surface area (Å²) in [4.78, 5) is 12.1. The zero-order chi connectivity index (χ0) is 12.3. The van der Waals surface area contributed by atoms with E-state index in [-0.39, 0.29) is 11.7 Å². The Kier molecular flexibility index (Phi) is 4.43. The van der Waals surface area contributed by atoms with Crippen LogP contribution in [-0.2, 0) is 11.2 Å². The summed E-state index contributed by atoms with van der Waals surface area (Å²) < 4.78 is 0. The van der Waals surface area contributed by atoms with Gasteiger partial charge in [0.05, 0.1) is 0 Å². The van der Waals surface area contributed by atoms with Gasteiger partial charge >= 0.3 is 0 Å². The standard InChI is InChI=1S/C13H15Cl2NO/c14-11-4-3-9(12(15)7-11)6-13(17)10-2-1-5-16-8-10/h3-4,7,10,16H,1-2,5-6,8H2. The number of ketones is 1. The first-order valence-corrected chi connectivity index (χ1v) is 6.60. The van der Waals surface area contributed by atoms with Gasteiger partial charge in [-0.05, 0) is 37.1 Å². The highest BCUT2D eigenvalue weighted by molar-refractivity contribution is 6.35.